The van der Waals surface area contributed by atoms with E-state index < -0.39 is 0 Å². The smallest absolute Gasteiger partial charge is 0.253 e. The van der Waals surface area contributed by atoms with E-state index in [1.165, 1.54) is 0 Å². The van der Waals surface area contributed by atoms with Crippen LogP contribution in [0.25, 0.3) is 0 Å². The van der Waals surface area contributed by atoms with Crippen LogP contribution in [-0.4, -0.2) is 66.6 Å². The number of carbonyl (C=O) groups is 2. The summed E-state index contributed by atoms with van der Waals surface area (Å²) in [6.45, 7) is 2.84. The Bertz CT molecular complexity index is 690. The molecular formula is C20H26N2O4. The Morgan fingerprint density at radius 1 is 1.27 bits per heavy atom. The van der Waals surface area contributed by atoms with Crippen LogP contribution < -0.4 is 4.74 Å². The Labute approximate surface area is 154 Å². The Kier molecular flexibility index (Phi) is 4.61. The van der Waals surface area contributed by atoms with Gasteiger partial charge in [0, 0.05) is 37.7 Å². The van der Waals surface area contributed by atoms with Crippen LogP contribution in [0.2, 0.25) is 0 Å². The highest BCUT2D eigenvalue weighted by molar-refractivity contribution is 5.94. The van der Waals surface area contributed by atoms with Crippen LogP contribution in [0.4, 0.5) is 0 Å². The first-order valence-corrected chi connectivity index (χ1v) is 9.47. The number of benzene rings is 1. The van der Waals surface area contributed by atoms with Gasteiger partial charge in [0.25, 0.3) is 5.91 Å². The average Bonchev–Trinajstić information content (AvgIpc) is 3.28. The van der Waals surface area contributed by atoms with Gasteiger partial charge in [-0.15, -0.1) is 0 Å². The van der Waals surface area contributed by atoms with Crippen molar-refractivity contribution in [2.24, 2.45) is 0 Å². The molecule has 3 heterocycles. The SMILES string of the molecule is COc1ccc(C(=O)N2CC[C@]3(C[C@H](N4CCCC4=O)CCO3)C2)cc1. The maximum absolute atomic E-state index is 12.8. The topological polar surface area (TPSA) is 59.1 Å². The molecule has 0 saturated carbocycles. The molecule has 0 N–H and O–H groups in total. The summed E-state index contributed by atoms with van der Waals surface area (Å²) in [5, 5.41) is 0. The maximum Gasteiger partial charge on any atom is 0.253 e. The van der Waals surface area contributed by atoms with E-state index in [0.717, 1.165) is 38.0 Å². The minimum atomic E-state index is -0.298. The first-order valence-electron chi connectivity index (χ1n) is 9.47. The molecule has 26 heavy (non-hydrogen) atoms. The highest BCUT2D eigenvalue weighted by atomic mass is 16.5. The monoisotopic (exact) mass is 358 g/mol. The molecule has 6 heteroatoms. The van der Waals surface area contributed by atoms with Crippen molar-refractivity contribution in [3.05, 3.63) is 29.8 Å². The number of ether oxygens (including phenoxy) is 2. The second-order valence-corrected chi connectivity index (χ2v) is 7.57. The molecule has 3 aliphatic heterocycles. The summed E-state index contributed by atoms with van der Waals surface area (Å²) in [5.41, 5.74) is 0.374. The Morgan fingerprint density at radius 3 is 2.77 bits per heavy atom. The first-order chi connectivity index (χ1) is 12.6. The van der Waals surface area contributed by atoms with E-state index in [0.29, 0.717) is 31.7 Å². The van der Waals surface area contributed by atoms with Gasteiger partial charge in [-0.3, -0.25) is 9.59 Å². The molecule has 1 spiro atoms. The Hall–Kier alpha value is -2.08. The summed E-state index contributed by atoms with van der Waals surface area (Å²) in [7, 11) is 1.61. The summed E-state index contributed by atoms with van der Waals surface area (Å²) in [4.78, 5) is 28.8. The van der Waals surface area contributed by atoms with Gasteiger partial charge >= 0.3 is 0 Å². The van der Waals surface area contributed by atoms with Gasteiger partial charge in [-0.25, -0.2) is 0 Å². The maximum atomic E-state index is 12.8. The molecule has 0 aromatic heterocycles. The van der Waals surface area contributed by atoms with Crippen LogP contribution in [0, 0.1) is 0 Å². The Morgan fingerprint density at radius 2 is 2.08 bits per heavy atom. The minimum Gasteiger partial charge on any atom is -0.497 e. The van der Waals surface area contributed by atoms with Crippen molar-refractivity contribution in [3.8, 4) is 5.75 Å². The number of likely N-dealkylation sites (tertiary alicyclic amines) is 2. The number of hydrogen-bond acceptors (Lipinski definition) is 4. The molecule has 1 aromatic carbocycles. The van der Waals surface area contributed by atoms with E-state index >= 15 is 0 Å². The third-order valence-electron chi connectivity index (χ3n) is 5.96. The van der Waals surface area contributed by atoms with Gasteiger partial charge in [-0.05, 0) is 49.9 Å². The molecule has 2 atom stereocenters. The zero-order chi connectivity index (χ0) is 18.1. The molecule has 4 rings (SSSR count). The molecule has 0 aliphatic carbocycles. The number of methoxy groups -OCH3 is 1. The van der Waals surface area contributed by atoms with Crippen LogP contribution in [0.5, 0.6) is 5.75 Å². The van der Waals surface area contributed by atoms with Gasteiger partial charge in [0.1, 0.15) is 5.75 Å². The highest BCUT2D eigenvalue weighted by Crippen LogP contribution is 2.37. The third kappa shape index (κ3) is 3.18. The molecule has 3 aliphatic rings. The van der Waals surface area contributed by atoms with Gasteiger partial charge in [0.2, 0.25) is 5.91 Å². The molecule has 0 bridgehead atoms. The number of hydrogen-bond donors (Lipinski definition) is 0. The molecule has 140 valence electrons. The number of carbonyl (C=O) groups excluding carboxylic acids is 2. The summed E-state index contributed by atoms with van der Waals surface area (Å²) in [5.74, 6) is 1.05. The van der Waals surface area contributed by atoms with Crippen molar-refractivity contribution in [1.82, 2.24) is 9.80 Å². The predicted octanol–water partition coefficient (Wildman–Crippen LogP) is 2.08. The zero-order valence-electron chi connectivity index (χ0n) is 15.3. The van der Waals surface area contributed by atoms with Gasteiger partial charge in [0.05, 0.1) is 19.3 Å². The van der Waals surface area contributed by atoms with Crippen LogP contribution in [-0.2, 0) is 9.53 Å². The largest absolute Gasteiger partial charge is 0.497 e. The van der Waals surface area contributed by atoms with E-state index in [1.807, 2.05) is 21.9 Å². The number of amides is 2. The Balaban J connectivity index is 1.43. The van der Waals surface area contributed by atoms with Crippen molar-refractivity contribution in [2.75, 3.05) is 33.4 Å². The van der Waals surface area contributed by atoms with Gasteiger partial charge in [-0.1, -0.05) is 0 Å². The fourth-order valence-corrected chi connectivity index (χ4v) is 4.54. The quantitative estimate of drug-likeness (QED) is 0.830. The normalized spacial score (nSPS) is 28.8. The number of nitrogens with zero attached hydrogens (tertiary/aromatic N) is 2. The van der Waals surface area contributed by atoms with E-state index in [9.17, 15) is 9.59 Å². The zero-order valence-corrected chi connectivity index (χ0v) is 15.3. The lowest BCUT2D eigenvalue weighted by Gasteiger charge is -2.41. The summed E-state index contributed by atoms with van der Waals surface area (Å²) < 4.78 is 11.3. The van der Waals surface area contributed by atoms with Crippen molar-refractivity contribution < 1.29 is 19.1 Å². The highest BCUT2D eigenvalue weighted by Gasteiger charge is 2.46. The van der Waals surface area contributed by atoms with Gasteiger partial charge < -0.3 is 19.3 Å². The molecular weight excluding hydrogens is 332 g/mol. The second-order valence-electron chi connectivity index (χ2n) is 7.57. The second kappa shape index (κ2) is 6.91. The average molecular weight is 358 g/mol. The predicted molar refractivity (Wildman–Crippen MR) is 96.2 cm³/mol. The lowest BCUT2D eigenvalue weighted by molar-refractivity contribution is -0.137. The molecule has 0 radical (unpaired) electrons. The fourth-order valence-electron chi connectivity index (χ4n) is 4.54. The van der Waals surface area contributed by atoms with Crippen molar-refractivity contribution in [3.63, 3.8) is 0 Å². The molecule has 1 aromatic rings. The van der Waals surface area contributed by atoms with Crippen LogP contribution >= 0.6 is 0 Å². The third-order valence-corrected chi connectivity index (χ3v) is 5.96. The standard InChI is InChI=1S/C20H26N2O4/c1-25-17-6-4-15(5-7-17)19(24)21-11-9-20(14-21)13-16(8-12-26-20)22-10-2-3-18(22)23/h4-7,16H,2-3,8-14H2,1H3/t16-,20+/m1/s1. The molecule has 0 unspecified atom stereocenters. The minimum absolute atomic E-state index is 0.0347. The molecule has 6 nitrogen and oxygen atoms in total. The van der Waals surface area contributed by atoms with E-state index in [-0.39, 0.29) is 23.5 Å². The van der Waals surface area contributed by atoms with Crippen LogP contribution in [0.15, 0.2) is 24.3 Å². The number of rotatable bonds is 3. The summed E-state index contributed by atoms with van der Waals surface area (Å²) >= 11 is 0. The molecule has 2 amide bonds. The van der Waals surface area contributed by atoms with Crippen LogP contribution in [0.1, 0.15) is 42.5 Å². The van der Waals surface area contributed by atoms with Crippen molar-refractivity contribution in [1.29, 1.82) is 0 Å². The van der Waals surface area contributed by atoms with E-state index in [1.54, 1.807) is 19.2 Å². The lowest BCUT2D eigenvalue weighted by Crippen LogP contribution is -2.50. The molecule has 3 fully saturated rings. The summed E-state index contributed by atoms with van der Waals surface area (Å²) in [6, 6.07) is 7.49. The summed E-state index contributed by atoms with van der Waals surface area (Å²) in [6.07, 6.45) is 4.22. The van der Waals surface area contributed by atoms with Gasteiger partial charge in [-0.2, -0.15) is 0 Å². The van der Waals surface area contributed by atoms with Gasteiger partial charge in [0.15, 0.2) is 0 Å². The first kappa shape index (κ1) is 17.3. The molecule has 3 saturated heterocycles. The lowest BCUT2D eigenvalue weighted by atomic mass is 9.89. The van der Waals surface area contributed by atoms with E-state index in [4.69, 9.17) is 9.47 Å². The van der Waals surface area contributed by atoms with Crippen molar-refractivity contribution in [2.45, 2.75) is 43.7 Å². The van der Waals surface area contributed by atoms with E-state index in [2.05, 4.69) is 0 Å². The van der Waals surface area contributed by atoms with Crippen LogP contribution in [0.3, 0.4) is 0 Å². The van der Waals surface area contributed by atoms with Crippen molar-refractivity contribution >= 4 is 11.8 Å². The fraction of sp³-hybridized carbons (Fsp3) is 0.600.